The summed E-state index contributed by atoms with van der Waals surface area (Å²) in [6.07, 6.45) is 7.31. The van der Waals surface area contributed by atoms with Gasteiger partial charge >= 0.3 is 0 Å². The SMILES string of the molecule is N#CC1(C2C3CC4CC(C3)CC2C4)CCNC1=O. The van der Waals surface area contributed by atoms with Gasteiger partial charge in [-0.15, -0.1) is 0 Å². The molecule has 1 saturated heterocycles. The Morgan fingerprint density at radius 3 is 2.17 bits per heavy atom. The van der Waals surface area contributed by atoms with Crippen LogP contribution in [0.5, 0.6) is 0 Å². The highest BCUT2D eigenvalue weighted by Crippen LogP contribution is 2.61. The molecule has 0 radical (unpaired) electrons. The minimum absolute atomic E-state index is 0.0301. The average molecular weight is 244 g/mol. The van der Waals surface area contributed by atoms with Crippen LogP contribution < -0.4 is 5.32 Å². The Balaban J connectivity index is 1.72. The molecule has 1 heterocycles. The number of nitrogens with one attached hydrogen (secondary N) is 1. The van der Waals surface area contributed by atoms with Crippen LogP contribution >= 0.6 is 0 Å². The summed E-state index contributed by atoms with van der Waals surface area (Å²) >= 11 is 0. The highest BCUT2D eigenvalue weighted by molar-refractivity contribution is 5.88. The summed E-state index contributed by atoms with van der Waals surface area (Å²) in [5.74, 6) is 3.52. The van der Waals surface area contributed by atoms with E-state index in [1.54, 1.807) is 0 Å². The molecule has 4 aliphatic carbocycles. The first-order valence-corrected chi connectivity index (χ1v) is 7.42. The van der Waals surface area contributed by atoms with E-state index in [0.29, 0.717) is 24.3 Å². The van der Waals surface area contributed by atoms with E-state index < -0.39 is 5.41 Å². The normalized spacial score (nSPS) is 53.3. The molecule has 0 aromatic rings. The van der Waals surface area contributed by atoms with Crippen molar-refractivity contribution in [1.82, 2.24) is 5.32 Å². The van der Waals surface area contributed by atoms with E-state index in [9.17, 15) is 10.1 Å². The molecule has 0 aromatic heterocycles. The van der Waals surface area contributed by atoms with Crippen LogP contribution in [0.2, 0.25) is 0 Å². The van der Waals surface area contributed by atoms with Gasteiger partial charge in [0.25, 0.3) is 0 Å². The van der Waals surface area contributed by atoms with Gasteiger partial charge < -0.3 is 5.32 Å². The molecule has 0 aromatic carbocycles. The van der Waals surface area contributed by atoms with Crippen LogP contribution in [0, 0.1) is 46.3 Å². The number of carbonyl (C=O) groups is 1. The Labute approximate surface area is 108 Å². The predicted molar refractivity (Wildman–Crippen MR) is 66.2 cm³/mol. The lowest BCUT2D eigenvalue weighted by atomic mass is 9.46. The Bertz CT molecular complexity index is 410. The van der Waals surface area contributed by atoms with E-state index in [-0.39, 0.29) is 5.91 Å². The molecule has 4 saturated carbocycles. The van der Waals surface area contributed by atoms with Gasteiger partial charge in [-0.1, -0.05) is 0 Å². The van der Waals surface area contributed by atoms with Gasteiger partial charge in [0, 0.05) is 6.54 Å². The second-order valence-corrected chi connectivity index (χ2v) is 7.05. The molecular weight excluding hydrogens is 224 g/mol. The molecule has 4 bridgehead atoms. The van der Waals surface area contributed by atoms with Gasteiger partial charge in [-0.2, -0.15) is 5.26 Å². The number of nitriles is 1. The number of carbonyl (C=O) groups excluding carboxylic acids is 1. The predicted octanol–water partition coefficient (Wildman–Crippen LogP) is 2.09. The third kappa shape index (κ3) is 1.22. The molecule has 96 valence electrons. The topological polar surface area (TPSA) is 52.9 Å². The van der Waals surface area contributed by atoms with Gasteiger partial charge in [0.15, 0.2) is 0 Å². The van der Waals surface area contributed by atoms with E-state index in [4.69, 9.17) is 0 Å². The highest BCUT2D eigenvalue weighted by atomic mass is 16.2. The van der Waals surface area contributed by atoms with Gasteiger partial charge in [-0.25, -0.2) is 0 Å². The number of rotatable bonds is 1. The Hall–Kier alpha value is -1.04. The standard InChI is InChI=1S/C15H20N2O/c16-8-15(1-2-17-14(15)18)13-11-4-9-3-10(6-11)7-12(13)5-9/h9-13H,1-7H2,(H,17,18). The zero-order valence-corrected chi connectivity index (χ0v) is 10.7. The van der Waals surface area contributed by atoms with Gasteiger partial charge in [0.2, 0.25) is 5.91 Å². The molecule has 5 fully saturated rings. The summed E-state index contributed by atoms with van der Waals surface area (Å²) in [6, 6.07) is 2.44. The molecule has 1 N–H and O–H groups in total. The first-order chi connectivity index (χ1) is 8.73. The van der Waals surface area contributed by atoms with Crippen molar-refractivity contribution in [3.63, 3.8) is 0 Å². The van der Waals surface area contributed by atoms with E-state index in [1.165, 1.54) is 32.1 Å². The quantitative estimate of drug-likeness (QED) is 0.768. The Morgan fingerprint density at radius 1 is 1.11 bits per heavy atom. The molecule has 5 aliphatic rings. The molecule has 0 spiro atoms. The maximum atomic E-state index is 12.2. The fourth-order valence-corrected chi connectivity index (χ4v) is 5.87. The summed E-state index contributed by atoms with van der Waals surface area (Å²) < 4.78 is 0. The largest absolute Gasteiger partial charge is 0.355 e. The summed E-state index contributed by atoms with van der Waals surface area (Å²) in [4.78, 5) is 12.2. The third-order valence-electron chi connectivity index (χ3n) is 6.21. The van der Waals surface area contributed by atoms with E-state index in [0.717, 1.165) is 18.3 Å². The Kier molecular flexibility index (Phi) is 2.11. The van der Waals surface area contributed by atoms with Crippen LogP contribution in [0.25, 0.3) is 0 Å². The molecule has 1 amide bonds. The number of amides is 1. The Morgan fingerprint density at radius 2 is 1.72 bits per heavy atom. The van der Waals surface area contributed by atoms with Gasteiger partial charge in [0.05, 0.1) is 6.07 Å². The molecule has 5 rings (SSSR count). The maximum Gasteiger partial charge on any atom is 0.240 e. The molecule has 1 aliphatic heterocycles. The van der Waals surface area contributed by atoms with Crippen molar-refractivity contribution < 1.29 is 4.79 Å². The number of nitrogens with zero attached hydrogens (tertiary/aromatic N) is 1. The molecule has 18 heavy (non-hydrogen) atoms. The smallest absolute Gasteiger partial charge is 0.240 e. The van der Waals surface area contributed by atoms with Crippen LogP contribution in [0.3, 0.4) is 0 Å². The fourth-order valence-electron chi connectivity index (χ4n) is 5.87. The van der Waals surface area contributed by atoms with Crippen LogP contribution in [0.1, 0.15) is 38.5 Å². The van der Waals surface area contributed by atoms with Crippen molar-refractivity contribution >= 4 is 5.91 Å². The van der Waals surface area contributed by atoms with Gasteiger partial charge in [0.1, 0.15) is 5.41 Å². The highest BCUT2D eigenvalue weighted by Gasteiger charge is 2.60. The van der Waals surface area contributed by atoms with Gasteiger partial charge in [-0.3, -0.25) is 4.79 Å². The monoisotopic (exact) mass is 244 g/mol. The van der Waals surface area contributed by atoms with Crippen molar-refractivity contribution in [2.24, 2.45) is 35.0 Å². The van der Waals surface area contributed by atoms with Crippen molar-refractivity contribution in [1.29, 1.82) is 5.26 Å². The molecule has 3 nitrogen and oxygen atoms in total. The molecule has 1 unspecified atom stereocenters. The third-order valence-corrected chi connectivity index (χ3v) is 6.21. The van der Waals surface area contributed by atoms with Crippen molar-refractivity contribution in [2.45, 2.75) is 38.5 Å². The van der Waals surface area contributed by atoms with Crippen molar-refractivity contribution in [2.75, 3.05) is 6.54 Å². The summed E-state index contributed by atoms with van der Waals surface area (Å²) in [5.41, 5.74) is -0.678. The zero-order valence-electron chi connectivity index (χ0n) is 10.7. The number of hydrogen-bond acceptors (Lipinski definition) is 2. The second-order valence-electron chi connectivity index (χ2n) is 7.05. The summed E-state index contributed by atoms with van der Waals surface area (Å²) in [6.45, 7) is 0.704. The van der Waals surface area contributed by atoms with Crippen LogP contribution in [-0.4, -0.2) is 12.5 Å². The van der Waals surface area contributed by atoms with Crippen molar-refractivity contribution in [3.05, 3.63) is 0 Å². The lowest BCUT2D eigenvalue weighted by Crippen LogP contribution is -2.53. The zero-order chi connectivity index (χ0) is 12.3. The minimum atomic E-state index is -0.678. The average Bonchev–Trinajstić information content (AvgIpc) is 2.70. The number of hydrogen-bond donors (Lipinski definition) is 1. The lowest BCUT2D eigenvalue weighted by molar-refractivity contribution is -0.137. The molecule has 1 atom stereocenters. The summed E-state index contributed by atoms with van der Waals surface area (Å²) in [5, 5.41) is 12.6. The maximum absolute atomic E-state index is 12.2. The second kappa shape index (κ2) is 3.50. The van der Waals surface area contributed by atoms with Crippen LogP contribution in [0.4, 0.5) is 0 Å². The van der Waals surface area contributed by atoms with E-state index in [1.807, 2.05) is 0 Å². The molecular formula is C15H20N2O. The van der Waals surface area contributed by atoms with Crippen LogP contribution in [0.15, 0.2) is 0 Å². The van der Waals surface area contributed by atoms with Crippen LogP contribution in [-0.2, 0) is 4.79 Å². The summed E-state index contributed by atoms with van der Waals surface area (Å²) in [7, 11) is 0. The minimum Gasteiger partial charge on any atom is -0.355 e. The van der Waals surface area contributed by atoms with E-state index in [2.05, 4.69) is 11.4 Å². The fraction of sp³-hybridized carbons (Fsp3) is 0.867. The van der Waals surface area contributed by atoms with Gasteiger partial charge in [-0.05, 0) is 68.1 Å². The van der Waals surface area contributed by atoms with E-state index >= 15 is 0 Å². The first kappa shape index (κ1) is 10.8. The molecule has 3 heteroatoms. The van der Waals surface area contributed by atoms with Crippen molar-refractivity contribution in [3.8, 4) is 6.07 Å². The first-order valence-electron chi connectivity index (χ1n) is 7.42. The lowest BCUT2D eigenvalue weighted by Gasteiger charge is -2.57.